The molecular formula is C4H7O5P. The summed E-state index contributed by atoms with van der Waals surface area (Å²) < 4.78 is 14.1. The van der Waals surface area contributed by atoms with Gasteiger partial charge < -0.3 is 14.5 Å². The Labute approximate surface area is 57.5 Å². The summed E-state index contributed by atoms with van der Waals surface area (Å²) in [6.07, 6.45) is 0.670. The predicted molar refractivity (Wildman–Crippen MR) is 33.0 cm³/mol. The molecule has 10 heavy (non-hydrogen) atoms. The summed E-state index contributed by atoms with van der Waals surface area (Å²) in [5, 5.41) is 0. The van der Waals surface area contributed by atoms with Crippen molar-refractivity contribution in [2.24, 2.45) is 0 Å². The molecule has 0 bridgehead atoms. The normalized spacial score (nSPS) is 11.9. The van der Waals surface area contributed by atoms with E-state index in [2.05, 4.69) is 4.74 Å². The molecule has 5 nitrogen and oxygen atoms in total. The number of carbonyl (C=O) groups excluding carboxylic acids is 1. The van der Waals surface area contributed by atoms with E-state index in [1.54, 1.807) is 0 Å². The third-order valence-electron chi connectivity index (χ3n) is 0.489. The Kier molecular flexibility index (Phi) is 3.28. The summed E-state index contributed by atoms with van der Waals surface area (Å²) in [5.74, 6) is -0.112. The first-order valence-electron chi connectivity index (χ1n) is 2.32. The first-order chi connectivity index (χ1) is 4.42. The fourth-order valence-electron chi connectivity index (χ4n) is 0.206. The van der Waals surface area contributed by atoms with Crippen LogP contribution in [0, 0.1) is 0 Å². The molecule has 0 fully saturated rings. The van der Waals surface area contributed by atoms with Crippen molar-refractivity contribution in [3.8, 4) is 0 Å². The highest BCUT2D eigenvalue weighted by Crippen LogP contribution is 2.35. The highest BCUT2D eigenvalue weighted by Gasteiger charge is 2.05. The largest absolute Gasteiger partial charge is 0.434 e. The Hall–Kier alpha value is -0.640. The van der Waals surface area contributed by atoms with Crippen molar-refractivity contribution in [2.75, 3.05) is 0 Å². The van der Waals surface area contributed by atoms with E-state index in [4.69, 9.17) is 9.79 Å². The van der Waals surface area contributed by atoms with Crippen LogP contribution in [0.2, 0.25) is 0 Å². The van der Waals surface area contributed by atoms with Gasteiger partial charge in [0.2, 0.25) is 0 Å². The average molecular weight is 166 g/mol. The molecule has 0 aliphatic rings. The third kappa shape index (κ3) is 7.36. The van der Waals surface area contributed by atoms with Crippen LogP contribution >= 0.6 is 7.60 Å². The SMILES string of the molecule is CC(=O)OC=CP(=O)(O)O. The van der Waals surface area contributed by atoms with Gasteiger partial charge in [0.15, 0.2) is 0 Å². The van der Waals surface area contributed by atoms with Gasteiger partial charge >= 0.3 is 13.6 Å². The van der Waals surface area contributed by atoms with E-state index in [0.29, 0.717) is 12.1 Å². The maximum Gasteiger partial charge on any atom is 0.352 e. The average Bonchev–Trinajstić information content (AvgIpc) is 1.59. The van der Waals surface area contributed by atoms with Crippen molar-refractivity contribution in [2.45, 2.75) is 6.92 Å². The van der Waals surface area contributed by atoms with E-state index >= 15 is 0 Å². The van der Waals surface area contributed by atoms with Crippen molar-refractivity contribution < 1.29 is 23.9 Å². The second-order valence-electron chi connectivity index (χ2n) is 1.48. The summed E-state index contributed by atoms with van der Waals surface area (Å²) in [4.78, 5) is 26.3. The minimum Gasteiger partial charge on any atom is -0.434 e. The van der Waals surface area contributed by atoms with Crippen LogP contribution in [0.25, 0.3) is 0 Å². The standard InChI is InChI=1S/C4H7O5P/c1-4(5)9-2-3-10(6,7)8/h2-3H,1H3,(H2,6,7,8). The van der Waals surface area contributed by atoms with Gasteiger partial charge in [-0.1, -0.05) is 0 Å². The van der Waals surface area contributed by atoms with Crippen LogP contribution in [0.15, 0.2) is 12.1 Å². The van der Waals surface area contributed by atoms with Crippen molar-refractivity contribution in [1.82, 2.24) is 0 Å². The summed E-state index contributed by atoms with van der Waals surface area (Å²) in [6, 6.07) is 0. The Morgan fingerprint density at radius 2 is 2.10 bits per heavy atom. The Morgan fingerprint density at radius 3 is 2.40 bits per heavy atom. The number of carbonyl (C=O) groups is 1. The van der Waals surface area contributed by atoms with Crippen LogP contribution in [0.5, 0.6) is 0 Å². The summed E-state index contributed by atoms with van der Waals surface area (Å²) >= 11 is 0. The highest BCUT2D eigenvalue weighted by atomic mass is 31.2. The topological polar surface area (TPSA) is 83.8 Å². The number of esters is 1. The minimum atomic E-state index is -4.18. The molecule has 0 radical (unpaired) electrons. The Morgan fingerprint density at radius 1 is 1.60 bits per heavy atom. The zero-order valence-corrected chi connectivity index (χ0v) is 6.12. The summed E-state index contributed by atoms with van der Waals surface area (Å²) in [6.45, 7) is 1.13. The predicted octanol–water partition coefficient (Wildman–Crippen LogP) is 0.198. The Bertz CT molecular complexity index is 190. The van der Waals surface area contributed by atoms with E-state index in [1.165, 1.54) is 0 Å². The van der Waals surface area contributed by atoms with E-state index in [-0.39, 0.29) is 0 Å². The first kappa shape index (κ1) is 9.36. The fourth-order valence-corrected chi connectivity index (χ4v) is 0.425. The number of hydrogen-bond acceptors (Lipinski definition) is 3. The molecule has 6 heteroatoms. The van der Waals surface area contributed by atoms with Crippen LogP contribution < -0.4 is 0 Å². The van der Waals surface area contributed by atoms with Crippen LogP contribution in [0.3, 0.4) is 0 Å². The van der Waals surface area contributed by atoms with Crippen LogP contribution in [0.1, 0.15) is 6.92 Å². The molecule has 0 heterocycles. The van der Waals surface area contributed by atoms with Gasteiger partial charge in [0, 0.05) is 6.92 Å². The molecule has 0 aromatic heterocycles. The molecule has 0 atom stereocenters. The van der Waals surface area contributed by atoms with Crippen LogP contribution in [0.4, 0.5) is 0 Å². The molecule has 0 aliphatic heterocycles. The Balaban J connectivity index is 3.79. The molecule has 2 N–H and O–H groups in total. The molecule has 0 amide bonds. The second-order valence-corrected chi connectivity index (χ2v) is 2.96. The van der Waals surface area contributed by atoms with Crippen molar-refractivity contribution in [3.63, 3.8) is 0 Å². The zero-order valence-electron chi connectivity index (χ0n) is 5.22. The highest BCUT2D eigenvalue weighted by molar-refractivity contribution is 7.55. The fraction of sp³-hybridized carbons (Fsp3) is 0.250. The molecule has 0 unspecified atom stereocenters. The van der Waals surface area contributed by atoms with Gasteiger partial charge in [0.05, 0.1) is 5.82 Å². The summed E-state index contributed by atoms with van der Waals surface area (Å²) in [7, 11) is -4.18. The van der Waals surface area contributed by atoms with Gasteiger partial charge in [-0.15, -0.1) is 0 Å². The van der Waals surface area contributed by atoms with Gasteiger partial charge in [-0.25, -0.2) is 0 Å². The van der Waals surface area contributed by atoms with Crippen LogP contribution in [-0.4, -0.2) is 15.8 Å². The lowest BCUT2D eigenvalue weighted by Gasteiger charge is -1.93. The van der Waals surface area contributed by atoms with E-state index < -0.39 is 13.6 Å². The molecule has 0 spiro atoms. The molecule has 0 saturated carbocycles. The zero-order chi connectivity index (χ0) is 8.20. The quantitative estimate of drug-likeness (QED) is 0.347. The molecule has 0 rings (SSSR count). The van der Waals surface area contributed by atoms with Gasteiger partial charge in [-0.2, -0.15) is 0 Å². The number of hydrogen-bond donors (Lipinski definition) is 2. The summed E-state index contributed by atoms with van der Waals surface area (Å²) in [5.41, 5.74) is 0. The maximum absolute atomic E-state index is 10.0. The molecule has 0 aromatic rings. The monoisotopic (exact) mass is 166 g/mol. The lowest BCUT2D eigenvalue weighted by atomic mass is 10.8. The van der Waals surface area contributed by atoms with Gasteiger partial charge in [0.1, 0.15) is 6.26 Å². The third-order valence-corrected chi connectivity index (χ3v) is 0.999. The van der Waals surface area contributed by atoms with Crippen molar-refractivity contribution in [1.29, 1.82) is 0 Å². The maximum atomic E-state index is 10.0. The van der Waals surface area contributed by atoms with Crippen molar-refractivity contribution in [3.05, 3.63) is 12.1 Å². The molecule has 58 valence electrons. The van der Waals surface area contributed by atoms with Gasteiger partial charge in [0.25, 0.3) is 0 Å². The number of ether oxygens (including phenoxy) is 1. The van der Waals surface area contributed by atoms with E-state index in [1.807, 2.05) is 0 Å². The molecule has 0 aromatic carbocycles. The second kappa shape index (κ2) is 3.51. The smallest absolute Gasteiger partial charge is 0.352 e. The van der Waals surface area contributed by atoms with Gasteiger partial charge in [-0.05, 0) is 0 Å². The molecule has 0 aliphatic carbocycles. The van der Waals surface area contributed by atoms with Crippen LogP contribution in [-0.2, 0) is 14.1 Å². The molecule has 0 saturated heterocycles. The lowest BCUT2D eigenvalue weighted by Crippen LogP contribution is -1.89. The minimum absolute atomic E-state index is 0.508. The first-order valence-corrected chi connectivity index (χ1v) is 4.00. The van der Waals surface area contributed by atoms with E-state index in [0.717, 1.165) is 6.92 Å². The number of rotatable bonds is 2. The van der Waals surface area contributed by atoms with Gasteiger partial charge in [-0.3, -0.25) is 9.36 Å². The van der Waals surface area contributed by atoms with E-state index in [9.17, 15) is 9.36 Å². The van der Waals surface area contributed by atoms with Crippen molar-refractivity contribution >= 4 is 13.6 Å². The lowest BCUT2D eigenvalue weighted by molar-refractivity contribution is -0.135. The molecular weight excluding hydrogens is 159 g/mol.